The Morgan fingerprint density at radius 2 is 1.77 bits per heavy atom. The average molecular weight is 355 g/mol. The lowest BCUT2D eigenvalue weighted by molar-refractivity contribution is -0.117. The number of carbonyl (C=O) groups is 2. The number of benzene rings is 1. The fourth-order valence-corrected chi connectivity index (χ4v) is 3.26. The summed E-state index contributed by atoms with van der Waals surface area (Å²) in [4.78, 5) is 29.5. The van der Waals surface area contributed by atoms with Crippen LogP contribution in [0, 0.1) is 5.92 Å². The van der Waals surface area contributed by atoms with Crippen molar-refractivity contribution in [2.24, 2.45) is 5.92 Å². The highest BCUT2D eigenvalue weighted by Crippen LogP contribution is 2.19. The van der Waals surface area contributed by atoms with Gasteiger partial charge >= 0.3 is 0 Å². The van der Waals surface area contributed by atoms with Gasteiger partial charge in [-0.2, -0.15) is 0 Å². The molecule has 2 aromatic rings. The van der Waals surface area contributed by atoms with Crippen LogP contribution in [-0.4, -0.2) is 45.9 Å². The average Bonchev–Trinajstić information content (AvgIpc) is 3.11. The van der Waals surface area contributed by atoms with Gasteiger partial charge in [-0.25, -0.2) is 4.98 Å². The molecule has 0 spiro atoms. The number of imidazole rings is 1. The maximum absolute atomic E-state index is 12.2. The van der Waals surface area contributed by atoms with Gasteiger partial charge in [-0.1, -0.05) is 0 Å². The highest BCUT2D eigenvalue weighted by Gasteiger charge is 2.21. The second kappa shape index (κ2) is 8.62. The van der Waals surface area contributed by atoms with Gasteiger partial charge in [-0.3, -0.25) is 14.5 Å². The Hall–Kier alpha value is -2.67. The number of hydrogen-bond donors (Lipinski definition) is 2. The van der Waals surface area contributed by atoms with E-state index in [1.165, 1.54) is 6.92 Å². The van der Waals surface area contributed by atoms with E-state index in [0.29, 0.717) is 12.5 Å². The molecule has 0 unspecified atom stereocenters. The standard InChI is InChI=1S/C19H25N5O2/c1-15(25)21-17-2-4-18(5-3-17)22-19(26)13-23-9-6-16(7-10-23)12-24-11-8-20-14-24/h2-5,8,11,14,16H,6-7,9-10,12-13H2,1H3,(H,21,25)(H,22,26). The molecular weight excluding hydrogens is 330 g/mol. The van der Waals surface area contributed by atoms with E-state index in [4.69, 9.17) is 0 Å². The van der Waals surface area contributed by atoms with E-state index in [-0.39, 0.29) is 11.8 Å². The van der Waals surface area contributed by atoms with E-state index < -0.39 is 0 Å². The van der Waals surface area contributed by atoms with Crippen molar-refractivity contribution in [2.75, 3.05) is 30.3 Å². The Kier molecular flexibility index (Phi) is 6.01. The molecule has 0 radical (unpaired) electrons. The van der Waals surface area contributed by atoms with Crippen LogP contribution in [-0.2, 0) is 16.1 Å². The van der Waals surface area contributed by atoms with E-state index >= 15 is 0 Å². The lowest BCUT2D eigenvalue weighted by atomic mass is 9.97. The zero-order chi connectivity index (χ0) is 18.4. The number of rotatable bonds is 6. The largest absolute Gasteiger partial charge is 0.337 e. The Labute approximate surface area is 153 Å². The molecule has 3 rings (SSSR count). The monoisotopic (exact) mass is 355 g/mol. The Bertz CT molecular complexity index is 719. The van der Waals surface area contributed by atoms with Gasteiger partial charge in [-0.15, -0.1) is 0 Å². The van der Waals surface area contributed by atoms with Crippen LogP contribution < -0.4 is 10.6 Å². The molecule has 1 fully saturated rings. The zero-order valence-corrected chi connectivity index (χ0v) is 15.0. The van der Waals surface area contributed by atoms with Gasteiger partial charge in [0.05, 0.1) is 12.9 Å². The predicted octanol–water partition coefficient (Wildman–Crippen LogP) is 2.19. The molecular formula is C19H25N5O2. The summed E-state index contributed by atoms with van der Waals surface area (Å²) in [7, 11) is 0. The lowest BCUT2D eigenvalue weighted by Crippen LogP contribution is -2.39. The van der Waals surface area contributed by atoms with Crippen LogP contribution in [0.5, 0.6) is 0 Å². The molecule has 1 aliphatic rings. The first-order chi connectivity index (χ1) is 12.6. The number of carbonyl (C=O) groups excluding carboxylic acids is 2. The quantitative estimate of drug-likeness (QED) is 0.832. The molecule has 0 atom stereocenters. The van der Waals surface area contributed by atoms with Crippen LogP contribution in [0.15, 0.2) is 43.0 Å². The third-order valence-electron chi connectivity index (χ3n) is 4.59. The van der Waals surface area contributed by atoms with Crippen LogP contribution in [0.4, 0.5) is 11.4 Å². The number of hydrogen-bond acceptors (Lipinski definition) is 4. The second-order valence-electron chi connectivity index (χ2n) is 6.79. The first-order valence-corrected chi connectivity index (χ1v) is 8.94. The van der Waals surface area contributed by atoms with E-state index in [1.807, 2.05) is 18.7 Å². The molecule has 1 saturated heterocycles. The summed E-state index contributed by atoms with van der Waals surface area (Å²) in [5.74, 6) is 0.522. The summed E-state index contributed by atoms with van der Waals surface area (Å²) in [6, 6.07) is 7.14. The molecule has 7 heteroatoms. The minimum atomic E-state index is -0.113. The number of anilines is 2. The molecule has 2 amide bonds. The molecule has 0 saturated carbocycles. The van der Waals surface area contributed by atoms with E-state index in [1.54, 1.807) is 24.3 Å². The van der Waals surface area contributed by atoms with Gasteiger partial charge in [0.2, 0.25) is 11.8 Å². The molecule has 0 aliphatic carbocycles. The molecule has 138 valence electrons. The Morgan fingerprint density at radius 1 is 1.12 bits per heavy atom. The second-order valence-corrected chi connectivity index (χ2v) is 6.79. The van der Waals surface area contributed by atoms with Crippen molar-refractivity contribution in [3.8, 4) is 0 Å². The molecule has 1 aromatic heterocycles. The van der Waals surface area contributed by atoms with Crippen molar-refractivity contribution in [3.63, 3.8) is 0 Å². The number of piperidine rings is 1. The predicted molar refractivity (Wildman–Crippen MR) is 101 cm³/mol. The number of amides is 2. The smallest absolute Gasteiger partial charge is 0.238 e. The van der Waals surface area contributed by atoms with Crippen LogP contribution in [0.25, 0.3) is 0 Å². The van der Waals surface area contributed by atoms with E-state index in [0.717, 1.165) is 43.9 Å². The maximum Gasteiger partial charge on any atom is 0.238 e. The summed E-state index contributed by atoms with van der Waals surface area (Å²) >= 11 is 0. The number of nitrogens with zero attached hydrogens (tertiary/aromatic N) is 3. The molecule has 2 N–H and O–H groups in total. The molecule has 1 aliphatic heterocycles. The number of aromatic nitrogens is 2. The topological polar surface area (TPSA) is 79.3 Å². The highest BCUT2D eigenvalue weighted by molar-refractivity contribution is 5.93. The van der Waals surface area contributed by atoms with E-state index in [9.17, 15) is 9.59 Å². The lowest BCUT2D eigenvalue weighted by Gasteiger charge is -2.31. The fourth-order valence-electron chi connectivity index (χ4n) is 3.26. The van der Waals surface area contributed by atoms with Crippen LogP contribution >= 0.6 is 0 Å². The molecule has 7 nitrogen and oxygen atoms in total. The van der Waals surface area contributed by atoms with Gasteiger partial charge < -0.3 is 15.2 Å². The van der Waals surface area contributed by atoms with Gasteiger partial charge in [0, 0.05) is 37.2 Å². The van der Waals surface area contributed by atoms with Gasteiger partial charge in [0.1, 0.15) is 0 Å². The number of likely N-dealkylation sites (tertiary alicyclic amines) is 1. The van der Waals surface area contributed by atoms with Crippen LogP contribution in [0.1, 0.15) is 19.8 Å². The molecule has 26 heavy (non-hydrogen) atoms. The van der Waals surface area contributed by atoms with Crippen LogP contribution in [0.2, 0.25) is 0 Å². The summed E-state index contributed by atoms with van der Waals surface area (Å²) in [5, 5.41) is 5.62. The van der Waals surface area contributed by atoms with Gasteiger partial charge in [-0.05, 0) is 56.1 Å². The summed E-state index contributed by atoms with van der Waals surface area (Å²) < 4.78 is 2.12. The molecule has 2 heterocycles. The van der Waals surface area contributed by atoms with Crippen molar-refractivity contribution in [1.29, 1.82) is 0 Å². The number of nitrogens with one attached hydrogen (secondary N) is 2. The van der Waals surface area contributed by atoms with Crippen molar-refractivity contribution in [2.45, 2.75) is 26.3 Å². The summed E-state index contributed by atoms with van der Waals surface area (Å²) in [6.07, 6.45) is 7.85. The SMILES string of the molecule is CC(=O)Nc1ccc(NC(=O)CN2CCC(Cn3ccnc3)CC2)cc1. The van der Waals surface area contributed by atoms with Crippen LogP contribution in [0.3, 0.4) is 0 Å². The first kappa shape index (κ1) is 18.1. The Balaban J connectivity index is 1.40. The zero-order valence-electron chi connectivity index (χ0n) is 15.0. The van der Waals surface area contributed by atoms with Gasteiger partial charge in [0.25, 0.3) is 0 Å². The summed E-state index contributed by atoms with van der Waals surface area (Å²) in [5.41, 5.74) is 1.45. The third kappa shape index (κ3) is 5.42. The van der Waals surface area contributed by atoms with E-state index in [2.05, 4.69) is 25.1 Å². The first-order valence-electron chi connectivity index (χ1n) is 8.94. The normalized spacial score (nSPS) is 15.6. The Morgan fingerprint density at radius 3 is 2.35 bits per heavy atom. The van der Waals surface area contributed by atoms with Gasteiger partial charge in [0.15, 0.2) is 0 Å². The highest BCUT2D eigenvalue weighted by atomic mass is 16.2. The van der Waals surface area contributed by atoms with Crippen molar-refractivity contribution >= 4 is 23.2 Å². The van der Waals surface area contributed by atoms with Crippen molar-refractivity contribution < 1.29 is 9.59 Å². The molecule has 1 aromatic carbocycles. The maximum atomic E-state index is 12.2. The van der Waals surface area contributed by atoms with Crippen molar-refractivity contribution in [3.05, 3.63) is 43.0 Å². The fraction of sp³-hybridized carbons (Fsp3) is 0.421. The van der Waals surface area contributed by atoms with Crippen molar-refractivity contribution in [1.82, 2.24) is 14.5 Å². The summed E-state index contributed by atoms with van der Waals surface area (Å²) in [6.45, 7) is 4.75. The molecule has 0 bridgehead atoms. The third-order valence-corrected chi connectivity index (χ3v) is 4.59. The minimum Gasteiger partial charge on any atom is -0.337 e. The minimum absolute atomic E-state index is 0.00895.